The van der Waals surface area contributed by atoms with E-state index in [9.17, 15) is 9.59 Å². The maximum absolute atomic E-state index is 12.3. The van der Waals surface area contributed by atoms with E-state index in [-0.39, 0.29) is 41.9 Å². The van der Waals surface area contributed by atoms with E-state index in [2.05, 4.69) is 16.0 Å². The Hall–Kier alpha value is -1.53. The van der Waals surface area contributed by atoms with E-state index in [0.29, 0.717) is 0 Å². The van der Waals surface area contributed by atoms with Crippen molar-refractivity contribution in [2.75, 3.05) is 13.1 Å². The van der Waals surface area contributed by atoms with Gasteiger partial charge in [-0.1, -0.05) is 13.8 Å². The van der Waals surface area contributed by atoms with Gasteiger partial charge in [0.1, 0.15) is 6.04 Å². The minimum atomic E-state index is -0.562. The number of carbonyl (C=O) groups is 2. The van der Waals surface area contributed by atoms with Crippen LogP contribution in [0.3, 0.4) is 0 Å². The van der Waals surface area contributed by atoms with Crippen LogP contribution in [0.25, 0.3) is 0 Å². The van der Waals surface area contributed by atoms with E-state index in [1.54, 1.807) is 12.1 Å². The zero-order valence-corrected chi connectivity index (χ0v) is 13.0. The summed E-state index contributed by atoms with van der Waals surface area (Å²) in [6, 6.07) is 2.80. The van der Waals surface area contributed by atoms with E-state index in [4.69, 9.17) is 4.42 Å². The van der Waals surface area contributed by atoms with Crippen LogP contribution in [0.1, 0.15) is 30.8 Å². The van der Waals surface area contributed by atoms with E-state index in [0.717, 1.165) is 19.5 Å². The Balaban J connectivity index is 0.00000220. The molecular weight excluding hydrogens is 294 g/mol. The molecule has 0 radical (unpaired) electrons. The Morgan fingerprint density at radius 3 is 2.71 bits per heavy atom. The number of amides is 2. The van der Waals surface area contributed by atoms with Crippen LogP contribution in [0.5, 0.6) is 0 Å². The minimum absolute atomic E-state index is 0. The molecule has 2 amide bonds. The molecule has 1 aromatic rings. The molecule has 118 valence electrons. The van der Waals surface area contributed by atoms with Crippen LogP contribution in [0.4, 0.5) is 0 Å². The van der Waals surface area contributed by atoms with Crippen LogP contribution >= 0.6 is 12.4 Å². The lowest BCUT2D eigenvalue weighted by atomic mass is 10.0. The normalized spacial score (nSPS) is 18.9. The van der Waals surface area contributed by atoms with Gasteiger partial charge in [0.05, 0.1) is 6.26 Å². The van der Waals surface area contributed by atoms with Gasteiger partial charge in [0.25, 0.3) is 5.91 Å². The number of rotatable bonds is 5. The topological polar surface area (TPSA) is 83.4 Å². The van der Waals surface area contributed by atoms with Crippen LogP contribution in [0, 0.1) is 5.92 Å². The SMILES string of the molecule is CC(C)C(NC(=O)c1ccco1)C(=O)NC1CCNC1.Cl. The van der Waals surface area contributed by atoms with Crippen molar-refractivity contribution >= 4 is 24.2 Å². The first-order valence-electron chi connectivity index (χ1n) is 6.93. The van der Waals surface area contributed by atoms with Crippen molar-refractivity contribution in [3.8, 4) is 0 Å². The first-order valence-corrected chi connectivity index (χ1v) is 6.93. The lowest BCUT2D eigenvalue weighted by molar-refractivity contribution is -0.124. The van der Waals surface area contributed by atoms with Gasteiger partial charge < -0.3 is 20.4 Å². The molecule has 1 aliphatic rings. The Labute approximate surface area is 130 Å². The molecule has 2 heterocycles. The molecule has 7 heteroatoms. The molecule has 1 fully saturated rings. The average molecular weight is 316 g/mol. The molecule has 1 aliphatic heterocycles. The van der Waals surface area contributed by atoms with Crippen molar-refractivity contribution in [3.05, 3.63) is 24.2 Å². The van der Waals surface area contributed by atoms with Crippen LogP contribution in [-0.4, -0.2) is 37.0 Å². The summed E-state index contributed by atoms with van der Waals surface area (Å²) >= 11 is 0. The number of halogens is 1. The summed E-state index contributed by atoms with van der Waals surface area (Å²) in [5.41, 5.74) is 0. The third-order valence-electron chi connectivity index (χ3n) is 3.39. The molecule has 1 aromatic heterocycles. The third-order valence-corrected chi connectivity index (χ3v) is 3.39. The number of furan rings is 1. The minimum Gasteiger partial charge on any atom is -0.459 e. The van der Waals surface area contributed by atoms with E-state index >= 15 is 0 Å². The van der Waals surface area contributed by atoms with Gasteiger partial charge in [-0.15, -0.1) is 12.4 Å². The van der Waals surface area contributed by atoms with E-state index in [1.165, 1.54) is 6.26 Å². The van der Waals surface area contributed by atoms with Crippen molar-refractivity contribution in [2.24, 2.45) is 5.92 Å². The highest BCUT2D eigenvalue weighted by molar-refractivity contribution is 5.95. The second-order valence-corrected chi connectivity index (χ2v) is 5.37. The average Bonchev–Trinajstić information content (AvgIpc) is 3.07. The largest absolute Gasteiger partial charge is 0.459 e. The fraction of sp³-hybridized carbons (Fsp3) is 0.571. The molecule has 6 nitrogen and oxygen atoms in total. The molecule has 2 unspecified atom stereocenters. The summed E-state index contributed by atoms with van der Waals surface area (Å²) < 4.78 is 5.04. The maximum atomic E-state index is 12.3. The molecule has 2 atom stereocenters. The molecule has 0 spiro atoms. The van der Waals surface area contributed by atoms with Gasteiger partial charge in [-0.3, -0.25) is 9.59 Å². The summed E-state index contributed by atoms with van der Waals surface area (Å²) in [4.78, 5) is 24.2. The van der Waals surface area contributed by atoms with Gasteiger partial charge in [0.2, 0.25) is 5.91 Å². The van der Waals surface area contributed by atoms with Gasteiger partial charge in [-0.05, 0) is 31.0 Å². The highest BCUT2D eigenvalue weighted by atomic mass is 35.5. The molecule has 3 N–H and O–H groups in total. The predicted molar refractivity (Wildman–Crippen MR) is 81.5 cm³/mol. The fourth-order valence-corrected chi connectivity index (χ4v) is 2.22. The summed E-state index contributed by atoms with van der Waals surface area (Å²) in [6.45, 7) is 5.50. The fourth-order valence-electron chi connectivity index (χ4n) is 2.22. The van der Waals surface area contributed by atoms with Gasteiger partial charge in [0.15, 0.2) is 5.76 Å². The van der Waals surface area contributed by atoms with Crippen molar-refractivity contribution in [1.82, 2.24) is 16.0 Å². The van der Waals surface area contributed by atoms with Crippen LogP contribution in [-0.2, 0) is 4.79 Å². The number of carbonyl (C=O) groups excluding carboxylic acids is 2. The van der Waals surface area contributed by atoms with E-state index in [1.807, 2.05) is 13.8 Å². The lowest BCUT2D eigenvalue weighted by Crippen LogP contribution is -2.52. The van der Waals surface area contributed by atoms with Gasteiger partial charge in [-0.2, -0.15) is 0 Å². The molecule has 0 aromatic carbocycles. The first kappa shape index (κ1) is 17.5. The monoisotopic (exact) mass is 315 g/mol. The van der Waals surface area contributed by atoms with Crippen molar-refractivity contribution in [3.63, 3.8) is 0 Å². The molecule has 0 aliphatic carbocycles. The van der Waals surface area contributed by atoms with Gasteiger partial charge in [-0.25, -0.2) is 0 Å². The molecular formula is C14H22ClN3O3. The molecule has 1 saturated heterocycles. The van der Waals surface area contributed by atoms with Gasteiger partial charge >= 0.3 is 0 Å². The Morgan fingerprint density at radius 2 is 2.19 bits per heavy atom. The number of hydrogen-bond donors (Lipinski definition) is 3. The Bertz CT molecular complexity index is 456. The second-order valence-electron chi connectivity index (χ2n) is 5.37. The highest BCUT2D eigenvalue weighted by Gasteiger charge is 2.28. The smallest absolute Gasteiger partial charge is 0.287 e. The van der Waals surface area contributed by atoms with Crippen molar-refractivity contribution < 1.29 is 14.0 Å². The predicted octanol–water partition coefficient (Wildman–Crippen LogP) is 0.934. The van der Waals surface area contributed by atoms with Crippen LogP contribution in [0.15, 0.2) is 22.8 Å². The number of hydrogen-bond acceptors (Lipinski definition) is 4. The molecule has 0 bridgehead atoms. The Kier molecular flexibility index (Phi) is 6.71. The second kappa shape index (κ2) is 8.05. The molecule has 0 saturated carbocycles. The quantitative estimate of drug-likeness (QED) is 0.755. The van der Waals surface area contributed by atoms with Crippen LogP contribution < -0.4 is 16.0 Å². The molecule has 2 rings (SSSR count). The standard InChI is InChI=1S/C14H21N3O3.ClH/c1-9(2)12(14(19)16-10-5-6-15-8-10)17-13(18)11-4-3-7-20-11;/h3-4,7,9-10,12,15H,5-6,8H2,1-2H3,(H,16,19)(H,17,18);1H. The van der Waals surface area contributed by atoms with Crippen molar-refractivity contribution in [1.29, 1.82) is 0 Å². The zero-order chi connectivity index (χ0) is 14.5. The van der Waals surface area contributed by atoms with Crippen LogP contribution in [0.2, 0.25) is 0 Å². The number of nitrogens with one attached hydrogen (secondary N) is 3. The first-order chi connectivity index (χ1) is 9.58. The summed E-state index contributed by atoms with van der Waals surface area (Å²) in [5.74, 6) is -0.295. The summed E-state index contributed by atoms with van der Waals surface area (Å²) in [7, 11) is 0. The molecule has 21 heavy (non-hydrogen) atoms. The maximum Gasteiger partial charge on any atom is 0.287 e. The van der Waals surface area contributed by atoms with E-state index < -0.39 is 6.04 Å². The summed E-state index contributed by atoms with van der Waals surface area (Å²) in [5, 5.41) is 8.88. The van der Waals surface area contributed by atoms with Crippen molar-refractivity contribution in [2.45, 2.75) is 32.4 Å². The third kappa shape index (κ3) is 4.75. The lowest BCUT2D eigenvalue weighted by Gasteiger charge is -2.23. The summed E-state index contributed by atoms with van der Waals surface area (Å²) in [6.07, 6.45) is 2.35. The highest BCUT2D eigenvalue weighted by Crippen LogP contribution is 2.07. The zero-order valence-electron chi connectivity index (χ0n) is 12.2. The Morgan fingerprint density at radius 1 is 1.43 bits per heavy atom. The van der Waals surface area contributed by atoms with Gasteiger partial charge in [0, 0.05) is 12.6 Å².